The third-order valence-corrected chi connectivity index (χ3v) is 4.18. The van der Waals surface area contributed by atoms with E-state index in [-0.39, 0.29) is 11.9 Å². The van der Waals surface area contributed by atoms with Crippen LogP contribution in [0.5, 0.6) is 0 Å². The molecule has 3 heteroatoms. The number of hydrogen-bond acceptors (Lipinski definition) is 2. The van der Waals surface area contributed by atoms with Gasteiger partial charge in [-0.3, -0.25) is 0 Å². The molecular weight excluding hydrogens is 263 g/mol. The molecule has 2 unspecified atom stereocenters. The van der Waals surface area contributed by atoms with Crippen molar-refractivity contribution in [3.05, 3.63) is 35.6 Å². The Hall–Kier alpha value is -0.930. The molecule has 0 bridgehead atoms. The Kier molecular flexibility index (Phi) is 8.55. The highest BCUT2D eigenvalue weighted by molar-refractivity contribution is 5.21. The summed E-state index contributed by atoms with van der Waals surface area (Å²) in [5, 5.41) is 3.42. The Morgan fingerprint density at radius 1 is 1.19 bits per heavy atom. The monoisotopic (exact) mass is 294 g/mol. The van der Waals surface area contributed by atoms with Crippen molar-refractivity contribution in [3.63, 3.8) is 0 Å². The molecule has 0 aliphatic carbocycles. The van der Waals surface area contributed by atoms with Gasteiger partial charge in [-0.15, -0.1) is 0 Å². The van der Waals surface area contributed by atoms with Gasteiger partial charge < -0.3 is 10.2 Å². The van der Waals surface area contributed by atoms with Crippen molar-refractivity contribution in [2.75, 3.05) is 26.2 Å². The summed E-state index contributed by atoms with van der Waals surface area (Å²) < 4.78 is 14.0. The maximum absolute atomic E-state index is 14.0. The predicted octanol–water partition coefficient (Wildman–Crippen LogP) is 4.23. The molecule has 0 aliphatic heterocycles. The van der Waals surface area contributed by atoms with Gasteiger partial charge in [-0.1, -0.05) is 52.3 Å². The van der Waals surface area contributed by atoms with Crippen molar-refractivity contribution in [2.45, 2.75) is 46.6 Å². The number of rotatable bonds is 10. The minimum Gasteiger partial charge on any atom is -0.310 e. The molecule has 120 valence electrons. The minimum absolute atomic E-state index is 0.0992. The van der Waals surface area contributed by atoms with Crippen molar-refractivity contribution < 1.29 is 4.39 Å². The Balaban J connectivity index is 2.64. The number of benzene rings is 1. The average molecular weight is 294 g/mol. The van der Waals surface area contributed by atoms with Gasteiger partial charge >= 0.3 is 0 Å². The quantitative estimate of drug-likeness (QED) is 0.694. The fourth-order valence-corrected chi connectivity index (χ4v) is 2.63. The first-order valence-corrected chi connectivity index (χ1v) is 8.32. The van der Waals surface area contributed by atoms with Crippen LogP contribution in [0.15, 0.2) is 24.3 Å². The van der Waals surface area contributed by atoms with E-state index in [2.05, 4.69) is 37.9 Å². The minimum atomic E-state index is -0.103. The molecule has 0 fully saturated rings. The van der Waals surface area contributed by atoms with Crippen LogP contribution < -0.4 is 5.32 Å². The normalized spacial score (nSPS) is 14.4. The Bertz CT molecular complexity index is 395. The van der Waals surface area contributed by atoms with Crippen molar-refractivity contribution in [2.24, 2.45) is 5.92 Å². The highest BCUT2D eigenvalue weighted by atomic mass is 19.1. The summed E-state index contributed by atoms with van der Waals surface area (Å²) in [5.41, 5.74) is 0.791. The molecular formula is C18H31FN2. The standard InChI is InChI=1S/C18H31FN2/c1-5-15(4)14-21(7-3)13-12-18(20-6-2)16-10-8-9-11-17(16)19/h8-11,15,18,20H,5-7,12-14H2,1-4H3. The highest BCUT2D eigenvalue weighted by Crippen LogP contribution is 2.20. The summed E-state index contributed by atoms with van der Waals surface area (Å²) in [5.74, 6) is 0.615. The van der Waals surface area contributed by atoms with E-state index >= 15 is 0 Å². The highest BCUT2D eigenvalue weighted by Gasteiger charge is 2.16. The smallest absolute Gasteiger partial charge is 0.127 e. The molecule has 21 heavy (non-hydrogen) atoms. The zero-order valence-corrected chi connectivity index (χ0v) is 14.0. The SMILES string of the molecule is CCNC(CCN(CC)CC(C)CC)c1ccccc1F. The van der Waals surface area contributed by atoms with Crippen LogP contribution in [0.4, 0.5) is 4.39 Å². The molecule has 2 atom stereocenters. The molecule has 0 heterocycles. The third-order valence-electron chi connectivity index (χ3n) is 4.18. The van der Waals surface area contributed by atoms with E-state index in [0.29, 0.717) is 0 Å². The summed E-state index contributed by atoms with van der Waals surface area (Å²) >= 11 is 0. The molecule has 1 N–H and O–H groups in total. The lowest BCUT2D eigenvalue weighted by Crippen LogP contribution is -2.32. The van der Waals surface area contributed by atoms with E-state index in [9.17, 15) is 4.39 Å². The van der Waals surface area contributed by atoms with Crippen LogP contribution in [0.3, 0.4) is 0 Å². The van der Waals surface area contributed by atoms with Crippen molar-refractivity contribution in [3.8, 4) is 0 Å². The van der Waals surface area contributed by atoms with Crippen LogP contribution in [-0.4, -0.2) is 31.1 Å². The Morgan fingerprint density at radius 2 is 1.90 bits per heavy atom. The van der Waals surface area contributed by atoms with E-state index in [0.717, 1.165) is 44.1 Å². The van der Waals surface area contributed by atoms with E-state index in [1.54, 1.807) is 12.1 Å². The summed E-state index contributed by atoms with van der Waals surface area (Å²) in [4.78, 5) is 2.47. The molecule has 0 radical (unpaired) electrons. The summed E-state index contributed by atoms with van der Waals surface area (Å²) in [6.07, 6.45) is 2.15. The van der Waals surface area contributed by atoms with Gasteiger partial charge in [0.2, 0.25) is 0 Å². The first-order valence-electron chi connectivity index (χ1n) is 8.32. The van der Waals surface area contributed by atoms with Crippen LogP contribution in [0.1, 0.15) is 52.1 Å². The molecule has 0 aliphatic rings. The van der Waals surface area contributed by atoms with Crippen LogP contribution in [0.25, 0.3) is 0 Å². The fourth-order valence-electron chi connectivity index (χ4n) is 2.63. The van der Waals surface area contributed by atoms with Crippen molar-refractivity contribution in [1.29, 1.82) is 0 Å². The van der Waals surface area contributed by atoms with Gasteiger partial charge in [-0.05, 0) is 38.0 Å². The third kappa shape index (κ3) is 6.15. The second-order valence-corrected chi connectivity index (χ2v) is 5.83. The van der Waals surface area contributed by atoms with Crippen LogP contribution in [-0.2, 0) is 0 Å². The lowest BCUT2D eigenvalue weighted by atomic mass is 10.0. The lowest BCUT2D eigenvalue weighted by molar-refractivity contribution is 0.232. The van der Waals surface area contributed by atoms with Crippen molar-refractivity contribution >= 4 is 0 Å². The van der Waals surface area contributed by atoms with Gasteiger partial charge in [0.25, 0.3) is 0 Å². The van der Waals surface area contributed by atoms with Crippen LogP contribution in [0.2, 0.25) is 0 Å². The first-order chi connectivity index (χ1) is 10.1. The molecule has 1 aromatic carbocycles. The number of nitrogens with one attached hydrogen (secondary N) is 1. The van der Waals surface area contributed by atoms with Gasteiger partial charge in [0.05, 0.1) is 0 Å². The summed E-state index contributed by atoms with van der Waals surface area (Å²) in [6.45, 7) is 12.9. The van der Waals surface area contributed by atoms with E-state index in [1.807, 2.05) is 12.1 Å². The number of hydrogen-bond donors (Lipinski definition) is 1. The summed E-state index contributed by atoms with van der Waals surface area (Å²) in [6, 6.07) is 7.22. The first kappa shape index (κ1) is 18.1. The Labute approximate surface area is 129 Å². The van der Waals surface area contributed by atoms with E-state index in [1.165, 1.54) is 6.42 Å². The zero-order chi connectivity index (χ0) is 15.7. The van der Waals surface area contributed by atoms with Gasteiger partial charge in [0.1, 0.15) is 5.82 Å². The predicted molar refractivity (Wildman–Crippen MR) is 89.0 cm³/mol. The topological polar surface area (TPSA) is 15.3 Å². The van der Waals surface area contributed by atoms with Crippen LogP contribution >= 0.6 is 0 Å². The molecule has 0 saturated heterocycles. The second kappa shape index (κ2) is 9.91. The molecule has 1 aromatic rings. The molecule has 0 amide bonds. The molecule has 0 aromatic heterocycles. The number of halogens is 1. The van der Waals surface area contributed by atoms with Crippen molar-refractivity contribution in [1.82, 2.24) is 10.2 Å². The fraction of sp³-hybridized carbons (Fsp3) is 0.667. The number of nitrogens with zero attached hydrogens (tertiary/aromatic N) is 1. The zero-order valence-electron chi connectivity index (χ0n) is 14.0. The maximum atomic E-state index is 14.0. The largest absolute Gasteiger partial charge is 0.310 e. The lowest BCUT2D eigenvalue weighted by Gasteiger charge is -2.27. The molecule has 2 nitrogen and oxygen atoms in total. The maximum Gasteiger partial charge on any atom is 0.127 e. The van der Waals surface area contributed by atoms with Gasteiger partial charge in [-0.25, -0.2) is 4.39 Å². The molecule has 0 saturated carbocycles. The van der Waals surface area contributed by atoms with Gasteiger partial charge in [-0.2, -0.15) is 0 Å². The average Bonchev–Trinajstić information content (AvgIpc) is 2.50. The summed E-state index contributed by atoms with van der Waals surface area (Å²) in [7, 11) is 0. The van der Waals surface area contributed by atoms with E-state index in [4.69, 9.17) is 0 Å². The Morgan fingerprint density at radius 3 is 2.48 bits per heavy atom. The van der Waals surface area contributed by atoms with Gasteiger partial charge in [0, 0.05) is 18.2 Å². The molecule has 0 spiro atoms. The van der Waals surface area contributed by atoms with Gasteiger partial charge in [0.15, 0.2) is 0 Å². The van der Waals surface area contributed by atoms with Crippen LogP contribution in [0, 0.1) is 11.7 Å². The second-order valence-electron chi connectivity index (χ2n) is 5.83. The molecule has 1 rings (SSSR count). The van der Waals surface area contributed by atoms with E-state index < -0.39 is 0 Å².